The molecule has 2 heterocycles. The minimum absolute atomic E-state index is 0.111. The summed E-state index contributed by atoms with van der Waals surface area (Å²) in [6, 6.07) is 12.2. The van der Waals surface area contributed by atoms with Crippen LogP contribution in [0.5, 0.6) is 11.5 Å². The molecule has 0 spiro atoms. The topological polar surface area (TPSA) is 79.9 Å². The molecule has 140 valence electrons. The van der Waals surface area contributed by atoms with Crippen molar-refractivity contribution in [3.63, 3.8) is 0 Å². The number of nitrogens with one attached hydrogen (secondary N) is 2. The van der Waals surface area contributed by atoms with Crippen molar-refractivity contribution in [2.24, 2.45) is 0 Å². The van der Waals surface area contributed by atoms with E-state index in [1.54, 1.807) is 42.5 Å². The van der Waals surface area contributed by atoms with Gasteiger partial charge in [-0.1, -0.05) is 12.1 Å². The first-order chi connectivity index (χ1) is 13.2. The molecule has 0 radical (unpaired) electrons. The van der Waals surface area contributed by atoms with Gasteiger partial charge in [0.05, 0.1) is 17.8 Å². The van der Waals surface area contributed by atoms with E-state index in [0.717, 1.165) is 25.9 Å². The molecule has 0 bridgehead atoms. The minimum Gasteiger partial charge on any atom is -0.454 e. The molecule has 2 N–H and O–H groups in total. The third-order valence-electron chi connectivity index (χ3n) is 4.64. The van der Waals surface area contributed by atoms with Gasteiger partial charge in [0.1, 0.15) is 0 Å². The van der Waals surface area contributed by atoms with Crippen LogP contribution in [0.4, 0.5) is 11.4 Å². The predicted molar refractivity (Wildman–Crippen MR) is 101 cm³/mol. The van der Waals surface area contributed by atoms with E-state index in [-0.39, 0.29) is 18.6 Å². The van der Waals surface area contributed by atoms with Crippen molar-refractivity contribution in [2.45, 2.75) is 12.8 Å². The molecule has 2 aliphatic heterocycles. The van der Waals surface area contributed by atoms with Gasteiger partial charge >= 0.3 is 0 Å². The Labute approximate surface area is 157 Å². The number of ether oxygens (including phenoxy) is 2. The number of hydrogen-bond donors (Lipinski definition) is 2. The lowest BCUT2D eigenvalue weighted by Crippen LogP contribution is -2.31. The van der Waals surface area contributed by atoms with Crippen molar-refractivity contribution < 1.29 is 19.1 Å². The molecule has 2 aromatic rings. The maximum Gasteiger partial charge on any atom is 0.257 e. The Morgan fingerprint density at radius 3 is 2.59 bits per heavy atom. The Balaban J connectivity index is 1.45. The zero-order valence-electron chi connectivity index (χ0n) is 14.9. The van der Waals surface area contributed by atoms with Gasteiger partial charge in [-0.3, -0.25) is 14.5 Å². The molecule has 1 saturated heterocycles. The summed E-state index contributed by atoms with van der Waals surface area (Å²) in [6.07, 6.45) is 2.25. The van der Waals surface area contributed by atoms with Crippen LogP contribution in [0, 0.1) is 0 Å². The first kappa shape index (κ1) is 17.4. The Bertz CT molecular complexity index is 862. The summed E-state index contributed by atoms with van der Waals surface area (Å²) in [5.41, 5.74) is 1.51. The highest BCUT2D eigenvalue weighted by atomic mass is 16.7. The van der Waals surface area contributed by atoms with Gasteiger partial charge in [-0.05, 0) is 50.2 Å². The number of rotatable bonds is 5. The molecular weight excluding hydrogens is 346 g/mol. The summed E-state index contributed by atoms with van der Waals surface area (Å²) in [4.78, 5) is 27.1. The van der Waals surface area contributed by atoms with Crippen LogP contribution < -0.4 is 20.1 Å². The molecule has 0 atom stereocenters. The van der Waals surface area contributed by atoms with Crippen LogP contribution in [0.25, 0.3) is 0 Å². The van der Waals surface area contributed by atoms with E-state index in [4.69, 9.17) is 9.47 Å². The number of carbonyl (C=O) groups excluding carboxylic acids is 2. The standard InChI is InChI=1S/C20H21N3O4/c24-19(12-23-9-3-4-10-23)22-16-6-2-1-5-15(16)20(25)21-14-7-8-17-18(11-14)27-13-26-17/h1-2,5-8,11H,3-4,9-10,12-13H2,(H,21,25)(H,22,24). The van der Waals surface area contributed by atoms with Crippen LogP contribution in [0.2, 0.25) is 0 Å². The van der Waals surface area contributed by atoms with Crippen molar-refractivity contribution in [2.75, 3.05) is 37.1 Å². The molecule has 27 heavy (non-hydrogen) atoms. The van der Waals surface area contributed by atoms with E-state index in [1.807, 2.05) is 0 Å². The minimum atomic E-state index is -0.300. The second-order valence-corrected chi connectivity index (χ2v) is 6.60. The highest BCUT2D eigenvalue weighted by molar-refractivity contribution is 6.10. The van der Waals surface area contributed by atoms with Gasteiger partial charge in [-0.2, -0.15) is 0 Å². The van der Waals surface area contributed by atoms with Crippen molar-refractivity contribution in [1.82, 2.24) is 4.90 Å². The summed E-state index contributed by atoms with van der Waals surface area (Å²) < 4.78 is 10.6. The summed E-state index contributed by atoms with van der Waals surface area (Å²) in [5.74, 6) is 0.841. The number of hydrogen-bond acceptors (Lipinski definition) is 5. The lowest BCUT2D eigenvalue weighted by atomic mass is 10.1. The fraction of sp³-hybridized carbons (Fsp3) is 0.300. The van der Waals surface area contributed by atoms with Crippen LogP contribution in [0.15, 0.2) is 42.5 Å². The summed E-state index contributed by atoms with van der Waals surface area (Å²) in [6.45, 7) is 2.41. The Morgan fingerprint density at radius 2 is 1.74 bits per heavy atom. The van der Waals surface area contributed by atoms with E-state index in [0.29, 0.717) is 35.0 Å². The number of carbonyl (C=O) groups is 2. The first-order valence-corrected chi connectivity index (χ1v) is 9.01. The van der Waals surface area contributed by atoms with Crippen LogP contribution >= 0.6 is 0 Å². The number of nitrogens with zero attached hydrogens (tertiary/aromatic N) is 1. The van der Waals surface area contributed by atoms with Gasteiger partial charge in [0.2, 0.25) is 12.7 Å². The third kappa shape index (κ3) is 4.03. The molecule has 2 amide bonds. The Morgan fingerprint density at radius 1 is 0.963 bits per heavy atom. The second kappa shape index (κ2) is 7.67. The number of benzene rings is 2. The molecular formula is C20H21N3O4. The van der Waals surface area contributed by atoms with E-state index < -0.39 is 0 Å². The average molecular weight is 367 g/mol. The molecule has 1 fully saturated rings. The second-order valence-electron chi connectivity index (χ2n) is 6.60. The number of para-hydroxylation sites is 1. The van der Waals surface area contributed by atoms with Gasteiger partial charge in [0, 0.05) is 11.8 Å². The molecule has 7 nitrogen and oxygen atoms in total. The van der Waals surface area contributed by atoms with E-state index >= 15 is 0 Å². The maximum atomic E-state index is 12.7. The lowest BCUT2D eigenvalue weighted by molar-refractivity contribution is -0.117. The van der Waals surface area contributed by atoms with Gasteiger partial charge in [0.15, 0.2) is 11.5 Å². The molecule has 0 unspecified atom stereocenters. The largest absolute Gasteiger partial charge is 0.454 e. The summed E-state index contributed by atoms with van der Waals surface area (Å²) >= 11 is 0. The highest BCUT2D eigenvalue weighted by Gasteiger charge is 2.19. The van der Waals surface area contributed by atoms with E-state index in [1.165, 1.54) is 0 Å². The smallest absolute Gasteiger partial charge is 0.257 e. The quantitative estimate of drug-likeness (QED) is 0.849. The molecule has 4 rings (SSSR count). The number of likely N-dealkylation sites (tertiary alicyclic amines) is 1. The first-order valence-electron chi connectivity index (χ1n) is 9.01. The predicted octanol–water partition coefficient (Wildman–Crippen LogP) is 2.70. The van der Waals surface area contributed by atoms with Crippen LogP contribution in [-0.2, 0) is 4.79 Å². The SMILES string of the molecule is O=C(CN1CCCC1)Nc1ccccc1C(=O)Nc1ccc2c(c1)OCO2. The van der Waals surface area contributed by atoms with Gasteiger partial charge in [-0.25, -0.2) is 0 Å². The molecule has 0 aliphatic carbocycles. The van der Waals surface area contributed by atoms with Gasteiger partial charge in [-0.15, -0.1) is 0 Å². The molecule has 0 saturated carbocycles. The van der Waals surface area contributed by atoms with E-state index in [9.17, 15) is 9.59 Å². The average Bonchev–Trinajstić information content (AvgIpc) is 3.33. The number of amides is 2. The summed E-state index contributed by atoms with van der Waals surface area (Å²) in [7, 11) is 0. The molecule has 0 aromatic heterocycles. The van der Waals surface area contributed by atoms with Crippen LogP contribution in [0.3, 0.4) is 0 Å². The van der Waals surface area contributed by atoms with Crippen molar-refractivity contribution in [3.05, 3.63) is 48.0 Å². The fourth-order valence-corrected chi connectivity index (χ4v) is 3.30. The molecule has 7 heteroatoms. The lowest BCUT2D eigenvalue weighted by Gasteiger charge is -2.16. The normalized spacial score (nSPS) is 15.6. The van der Waals surface area contributed by atoms with Crippen molar-refractivity contribution in [3.8, 4) is 11.5 Å². The molecule has 2 aliphatic rings. The Kier molecular flexibility index (Phi) is 4.93. The van der Waals surface area contributed by atoms with Crippen LogP contribution in [-0.4, -0.2) is 43.1 Å². The maximum absolute atomic E-state index is 12.7. The monoisotopic (exact) mass is 367 g/mol. The summed E-state index contributed by atoms with van der Waals surface area (Å²) in [5, 5.41) is 5.70. The highest BCUT2D eigenvalue weighted by Crippen LogP contribution is 2.34. The number of anilines is 2. The molecule has 2 aromatic carbocycles. The van der Waals surface area contributed by atoms with Gasteiger partial charge < -0.3 is 20.1 Å². The zero-order valence-corrected chi connectivity index (χ0v) is 14.9. The van der Waals surface area contributed by atoms with Crippen LogP contribution in [0.1, 0.15) is 23.2 Å². The number of fused-ring (bicyclic) bond motifs is 1. The van der Waals surface area contributed by atoms with Crippen molar-refractivity contribution >= 4 is 23.2 Å². The van der Waals surface area contributed by atoms with E-state index in [2.05, 4.69) is 15.5 Å². The fourth-order valence-electron chi connectivity index (χ4n) is 3.30. The Hall–Kier alpha value is -3.06. The third-order valence-corrected chi connectivity index (χ3v) is 4.64. The van der Waals surface area contributed by atoms with Crippen molar-refractivity contribution in [1.29, 1.82) is 0 Å². The van der Waals surface area contributed by atoms with Gasteiger partial charge in [0.25, 0.3) is 5.91 Å². The zero-order chi connectivity index (χ0) is 18.6.